The second-order valence-corrected chi connectivity index (χ2v) is 4.31. The summed E-state index contributed by atoms with van der Waals surface area (Å²) in [5, 5.41) is 0. The first-order chi connectivity index (χ1) is 10.6. The van der Waals surface area contributed by atoms with Gasteiger partial charge in [-0.1, -0.05) is 60.7 Å². The lowest BCUT2D eigenvalue weighted by atomic mass is 9.95. The molecule has 0 N–H and O–H groups in total. The molecule has 0 bridgehead atoms. The lowest BCUT2D eigenvalue weighted by Gasteiger charge is -2.12. The zero-order valence-corrected chi connectivity index (χ0v) is 10.4. The largest absolute Gasteiger partial charge is 0.256 e. The van der Waals surface area contributed by atoms with Crippen LogP contribution < -0.4 is 0 Å². The number of benzene rings is 2. The minimum Gasteiger partial charge on any atom is -0.256 e. The fraction of sp³-hybridized carbons (Fsp3) is 0.0556. The minimum atomic E-state index is -2.18. The van der Waals surface area contributed by atoms with Crippen molar-refractivity contribution in [3.8, 4) is 22.4 Å². The first-order valence-corrected chi connectivity index (χ1v) is 6.18. The molecule has 1 aromatic heterocycles. The Balaban J connectivity index is 2.32. The van der Waals surface area contributed by atoms with Gasteiger partial charge >= 0.3 is 0 Å². The zero-order valence-electron chi connectivity index (χ0n) is 13.4. The number of hydrogen-bond acceptors (Lipinski definition) is 1. The van der Waals surface area contributed by atoms with Crippen molar-refractivity contribution in [3.63, 3.8) is 0 Å². The number of rotatable bonds is 2. The van der Waals surface area contributed by atoms with Gasteiger partial charge < -0.3 is 0 Å². The lowest BCUT2D eigenvalue weighted by Crippen LogP contribution is -1.92. The summed E-state index contributed by atoms with van der Waals surface area (Å²) in [7, 11) is 0. The van der Waals surface area contributed by atoms with Crippen LogP contribution in [0, 0.1) is 6.85 Å². The Hall–Kier alpha value is -2.41. The van der Waals surface area contributed by atoms with E-state index in [1.165, 1.54) is 0 Å². The van der Waals surface area contributed by atoms with Crippen molar-refractivity contribution in [1.82, 2.24) is 4.98 Å². The van der Waals surface area contributed by atoms with Crippen LogP contribution in [0.4, 0.5) is 0 Å². The molecule has 3 aromatic rings. The molecule has 1 nitrogen and oxygen atoms in total. The van der Waals surface area contributed by atoms with Crippen LogP contribution in [0.15, 0.2) is 72.9 Å². The highest BCUT2D eigenvalue weighted by Crippen LogP contribution is 2.32. The Morgan fingerprint density at radius 3 is 2.05 bits per heavy atom. The van der Waals surface area contributed by atoms with E-state index in [4.69, 9.17) is 4.11 Å². The highest BCUT2D eigenvalue weighted by Gasteiger charge is 2.10. The molecular weight excluding hydrogens is 230 g/mol. The second-order valence-electron chi connectivity index (χ2n) is 4.31. The van der Waals surface area contributed by atoms with Gasteiger partial charge in [-0.15, -0.1) is 0 Å². The number of aromatic nitrogens is 1. The fourth-order valence-corrected chi connectivity index (χ4v) is 2.17. The first-order valence-electron chi connectivity index (χ1n) is 7.68. The van der Waals surface area contributed by atoms with E-state index in [-0.39, 0.29) is 0 Å². The first kappa shape index (κ1) is 8.65. The normalized spacial score (nSPS) is 13.4. The molecule has 0 radical (unpaired) electrons. The third-order valence-electron chi connectivity index (χ3n) is 3.06. The van der Waals surface area contributed by atoms with Gasteiger partial charge in [0.2, 0.25) is 0 Å². The van der Waals surface area contributed by atoms with Crippen LogP contribution in [0.5, 0.6) is 0 Å². The number of aryl methyl sites for hydroxylation is 1. The maximum absolute atomic E-state index is 7.83. The van der Waals surface area contributed by atoms with Gasteiger partial charge in [0, 0.05) is 21.4 Å². The number of hydrogen-bond donors (Lipinski definition) is 0. The third-order valence-corrected chi connectivity index (χ3v) is 3.06. The molecule has 0 unspecified atom stereocenters. The summed E-state index contributed by atoms with van der Waals surface area (Å²) in [6, 6.07) is 20.8. The number of pyridine rings is 1. The Labute approximate surface area is 117 Å². The summed E-state index contributed by atoms with van der Waals surface area (Å²) in [4.78, 5) is 4.45. The van der Waals surface area contributed by atoms with Crippen molar-refractivity contribution in [2.24, 2.45) is 0 Å². The van der Waals surface area contributed by atoms with E-state index in [0.29, 0.717) is 16.8 Å². The molecule has 1 heteroatoms. The molecule has 0 saturated carbocycles. The summed E-state index contributed by atoms with van der Waals surface area (Å²) in [6.45, 7) is -2.18. The zero-order chi connectivity index (χ0) is 15.6. The molecule has 0 atom stereocenters. The van der Waals surface area contributed by atoms with Crippen molar-refractivity contribution in [1.29, 1.82) is 0 Å². The van der Waals surface area contributed by atoms with Gasteiger partial charge in [0.25, 0.3) is 0 Å². The summed E-state index contributed by atoms with van der Waals surface area (Å²) in [5.41, 5.74) is 3.47. The fourth-order valence-electron chi connectivity index (χ4n) is 2.17. The van der Waals surface area contributed by atoms with Gasteiger partial charge in [-0.3, -0.25) is 4.98 Å². The molecule has 0 amide bonds. The summed E-state index contributed by atoms with van der Waals surface area (Å²) in [5.74, 6) is 0. The topological polar surface area (TPSA) is 12.9 Å². The Kier molecular flexibility index (Phi) is 2.31. The van der Waals surface area contributed by atoms with Crippen LogP contribution in [0.25, 0.3) is 22.4 Å². The molecule has 0 aliphatic heterocycles. The monoisotopic (exact) mass is 248 g/mol. The molecule has 3 rings (SSSR count). The van der Waals surface area contributed by atoms with E-state index in [0.717, 1.165) is 11.1 Å². The second kappa shape index (κ2) is 5.07. The average Bonchev–Trinajstić information content (AvgIpc) is 2.55. The van der Waals surface area contributed by atoms with Crippen LogP contribution in [0.1, 0.15) is 9.68 Å². The predicted molar refractivity (Wildman–Crippen MR) is 79.8 cm³/mol. The lowest BCUT2D eigenvalue weighted by molar-refractivity contribution is 1.29. The van der Waals surface area contributed by atoms with Gasteiger partial charge in [0.05, 0.1) is 5.69 Å². The van der Waals surface area contributed by atoms with Crippen LogP contribution in [-0.4, -0.2) is 4.98 Å². The van der Waals surface area contributed by atoms with E-state index < -0.39 is 6.85 Å². The maximum atomic E-state index is 7.83. The molecule has 0 aliphatic carbocycles. The Morgan fingerprint density at radius 2 is 1.42 bits per heavy atom. The average molecular weight is 248 g/mol. The van der Waals surface area contributed by atoms with Gasteiger partial charge in [-0.25, -0.2) is 0 Å². The predicted octanol–water partition coefficient (Wildman–Crippen LogP) is 4.72. The van der Waals surface area contributed by atoms with Crippen LogP contribution in [0.2, 0.25) is 0 Å². The molecular formula is C18H15N. The molecule has 19 heavy (non-hydrogen) atoms. The maximum Gasteiger partial charge on any atom is 0.0782 e. The van der Waals surface area contributed by atoms with Crippen molar-refractivity contribution in [2.75, 3.05) is 0 Å². The smallest absolute Gasteiger partial charge is 0.0782 e. The van der Waals surface area contributed by atoms with E-state index in [1.54, 1.807) is 12.3 Å². The quantitative estimate of drug-likeness (QED) is 0.639. The van der Waals surface area contributed by atoms with Gasteiger partial charge in [0.15, 0.2) is 0 Å². The van der Waals surface area contributed by atoms with E-state index in [1.807, 2.05) is 60.7 Å². The standard InChI is InChI=1S/C18H15N/c1-14-12-13-19-18(16-10-6-3-7-11-16)17(14)15-8-4-2-5-9-15/h2-13H,1H3/i1D3. The van der Waals surface area contributed by atoms with Crippen LogP contribution >= 0.6 is 0 Å². The van der Waals surface area contributed by atoms with Gasteiger partial charge in [-0.2, -0.15) is 0 Å². The van der Waals surface area contributed by atoms with Crippen molar-refractivity contribution in [2.45, 2.75) is 6.85 Å². The van der Waals surface area contributed by atoms with Gasteiger partial charge in [-0.05, 0) is 24.0 Å². The van der Waals surface area contributed by atoms with Crippen LogP contribution in [-0.2, 0) is 0 Å². The van der Waals surface area contributed by atoms with Crippen LogP contribution in [0.3, 0.4) is 0 Å². The summed E-state index contributed by atoms with van der Waals surface area (Å²) < 4.78 is 23.5. The van der Waals surface area contributed by atoms with E-state index in [9.17, 15) is 0 Å². The molecule has 92 valence electrons. The molecule has 0 saturated heterocycles. The van der Waals surface area contributed by atoms with Crippen molar-refractivity contribution < 1.29 is 4.11 Å². The third kappa shape index (κ3) is 2.27. The molecule has 0 fully saturated rings. The molecule has 0 aliphatic rings. The molecule has 1 heterocycles. The summed E-state index contributed by atoms with van der Waals surface area (Å²) >= 11 is 0. The Bertz CT molecular complexity index is 765. The number of nitrogens with zero attached hydrogens (tertiary/aromatic N) is 1. The van der Waals surface area contributed by atoms with Crippen molar-refractivity contribution >= 4 is 0 Å². The SMILES string of the molecule is [2H]C([2H])([2H])c1ccnc(-c2ccccc2)c1-c1ccccc1. The summed E-state index contributed by atoms with van der Waals surface area (Å²) in [6.07, 6.45) is 1.57. The minimum absolute atomic E-state index is 0.326. The molecule has 2 aromatic carbocycles. The van der Waals surface area contributed by atoms with E-state index in [2.05, 4.69) is 4.98 Å². The highest BCUT2D eigenvalue weighted by molar-refractivity contribution is 5.82. The highest BCUT2D eigenvalue weighted by atomic mass is 14.7. The van der Waals surface area contributed by atoms with Gasteiger partial charge in [0.1, 0.15) is 0 Å². The van der Waals surface area contributed by atoms with Crippen molar-refractivity contribution in [3.05, 3.63) is 78.5 Å². The molecule has 0 spiro atoms. The Morgan fingerprint density at radius 1 is 0.789 bits per heavy atom. The van der Waals surface area contributed by atoms with E-state index >= 15 is 0 Å².